The van der Waals surface area contributed by atoms with E-state index in [1.54, 1.807) is 6.92 Å². The van der Waals surface area contributed by atoms with Crippen LogP contribution in [0.15, 0.2) is 30.0 Å². The number of hydrogen-bond donors (Lipinski definition) is 1. The van der Waals surface area contributed by atoms with E-state index in [2.05, 4.69) is 10.1 Å². The van der Waals surface area contributed by atoms with Crippen molar-refractivity contribution in [2.24, 2.45) is 0 Å². The fourth-order valence-corrected chi connectivity index (χ4v) is 1.55. The molecular weight excluding hydrogens is 264 g/mol. The minimum atomic E-state index is -0.684. The Morgan fingerprint density at radius 2 is 1.75 bits per heavy atom. The molecule has 0 aliphatic heterocycles. The van der Waals surface area contributed by atoms with E-state index in [4.69, 9.17) is 0 Å². The Bertz CT molecular complexity index is 575. The molecule has 0 bridgehead atoms. The van der Waals surface area contributed by atoms with Gasteiger partial charge in [-0.25, -0.2) is 4.79 Å². The minimum absolute atomic E-state index is 0.00820. The Morgan fingerprint density at radius 1 is 1.20 bits per heavy atom. The van der Waals surface area contributed by atoms with Gasteiger partial charge in [-0.1, -0.05) is 0 Å². The average molecular weight is 278 g/mol. The zero-order valence-corrected chi connectivity index (χ0v) is 11.3. The van der Waals surface area contributed by atoms with Crippen molar-refractivity contribution in [3.8, 4) is 0 Å². The highest BCUT2D eigenvalue weighted by Gasteiger charge is 2.16. The van der Waals surface area contributed by atoms with Gasteiger partial charge < -0.3 is 10.1 Å². The Kier molecular flexibility index (Phi) is 4.96. The Labute approximate surface area is 115 Å². The summed E-state index contributed by atoms with van der Waals surface area (Å²) in [6.07, 6.45) is 0. The summed E-state index contributed by atoms with van der Waals surface area (Å²) < 4.78 is 4.60. The van der Waals surface area contributed by atoms with Gasteiger partial charge in [0.25, 0.3) is 5.69 Å². The number of carbonyl (C=O) groups is 2. The number of nitrogens with zero attached hydrogens (tertiary/aromatic N) is 1. The van der Waals surface area contributed by atoms with E-state index in [0.29, 0.717) is 11.1 Å². The molecule has 0 radical (unpaired) electrons. The number of carbonyl (C=O) groups excluding carboxylic acids is 2. The van der Waals surface area contributed by atoms with Gasteiger partial charge >= 0.3 is 5.97 Å². The second-order valence-electron chi connectivity index (χ2n) is 3.98. The van der Waals surface area contributed by atoms with Gasteiger partial charge in [0.2, 0.25) is 5.91 Å². The molecule has 1 rings (SSSR count). The van der Waals surface area contributed by atoms with E-state index in [1.807, 2.05) is 0 Å². The molecule has 106 valence electrons. The van der Waals surface area contributed by atoms with Crippen LogP contribution in [0, 0.1) is 10.1 Å². The number of esters is 1. The number of benzene rings is 1. The van der Waals surface area contributed by atoms with Crippen LogP contribution in [0.25, 0.3) is 5.57 Å². The molecule has 7 heteroatoms. The van der Waals surface area contributed by atoms with E-state index >= 15 is 0 Å². The van der Waals surface area contributed by atoms with Crippen molar-refractivity contribution < 1.29 is 19.2 Å². The van der Waals surface area contributed by atoms with Crippen molar-refractivity contribution in [2.45, 2.75) is 13.8 Å². The Morgan fingerprint density at radius 3 is 2.15 bits per heavy atom. The van der Waals surface area contributed by atoms with Gasteiger partial charge in [-0.2, -0.15) is 0 Å². The summed E-state index contributed by atoms with van der Waals surface area (Å²) in [5, 5.41) is 13.0. The molecule has 1 aromatic rings. The summed E-state index contributed by atoms with van der Waals surface area (Å²) in [6, 6.07) is 5.64. The number of allylic oxidation sites excluding steroid dienone is 1. The molecule has 0 fully saturated rings. The zero-order chi connectivity index (χ0) is 15.3. The first kappa shape index (κ1) is 15.4. The highest BCUT2D eigenvalue weighted by molar-refractivity contribution is 6.00. The van der Waals surface area contributed by atoms with Crippen LogP contribution in [0.1, 0.15) is 19.4 Å². The lowest BCUT2D eigenvalue weighted by atomic mass is 10.0. The molecular formula is C13H14N2O5. The third kappa shape index (κ3) is 3.64. The maximum atomic E-state index is 11.6. The number of methoxy groups -OCH3 is 1. The number of nitro groups is 1. The minimum Gasteiger partial charge on any atom is -0.464 e. The number of nitro benzene ring substituents is 1. The highest BCUT2D eigenvalue weighted by atomic mass is 16.6. The SMILES string of the molecule is COC(=O)/C(NC(C)=O)=C(/C)c1ccc([N+](=O)[O-])cc1. The Balaban J connectivity index is 3.23. The van der Waals surface area contributed by atoms with Gasteiger partial charge in [-0.3, -0.25) is 14.9 Å². The maximum absolute atomic E-state index is 11.6. The highest BCUT2D eigenvalue weighted by Crippen LogP contribution is 2.21. The van der Waals surface area contributed by atoms with Crippen LogP contribution in [0.4, 0.5) is 5.69 Å². The largest absolute Gasteiger partial charge is 0.464 e. The monoisotopic (exact) mass is 278 g/mol. The van der Waals surface area contributed by atoms with Gasteiger partial charge in [0.1, 0.15) is 5.70 Å². The summed E-state index contributed by atoms with van der Waals surface area (Å²) in [7, 11) is 1.20. The van der Waals surface area contributed by atoms with E-state index < -0.39 is 16.8 Å². The van der Waals surface area contributed by atoms with E-state index in [1.165, 1.54) is 38.3 Å². The molecule has 0 saturated heterocycles. The topological polar surface area (TPSA) is 98.5 Å². The lowest BCUT2D eigenvalue weighted by molar-refractivity contribution is -0.384. The smallest absolute Gasteiger partial charge is 0.354 e. The molecule has 1 N–H and O–H groups in total. The fourth-order valence-electron chi connectivity index (χ4n) is 1.55. The molecule has 0 aliphatic rings. The number of non-ortho nitro benzene ring substituents is 1. The molecule has 0 spiro atoms. The van der Waals surface area contributed by atoms with Crippen molar-refractivity contribution in [3.63, 3.8) is 0 Å². The summed E-state index contributed by atoms with van der Waals surface area (Å²) >= 11 is 0. The molecule has 1 amide bonds. The molecule has 0 saturated carbocycles. The number of hydrogen-bond acceptors (Lipinski definition) is 5. The first-order valence-corrected chi connectivity index (χ1v) is 5.68. The molecule has 0 aromatic heterocycles. The van der Waals surface area contributed by atoms with Crippen LogP contribution in [0.3, 0.4) is 0 Å². The van der Waals surface area contributed by atoms with Gasteiger partial charge in [-0.05, 0) is 30.2 Å². The van der Waals surface area contributed by atoms with Gasteiger partial charge in [0.15, 0.2) is 0 Å². The summed E-state index contributed by atoms with van der Waals surface area (Å²) in [5.41, 5.74) is 0.987. The number of ether oxygens (including phenoxy) is 1. The molecule has 1 aromatic carbocycles. The van der Waals surface area contributed by atoms with Crippen LogP contribution >= 0.6 is 0 Å². The first-order chi connectivity index (χ1) is 9.36. The predicted octanol–water partition coefficient (Wildman–Crippen LogP) is 1.63. The summed E-state index contributed by atoms with van der Waals surface area (Å²) in [6.45, 7) is 2.88. The lowest BCUT2D eigenvalue weighted by Gasteiger charge is -2.11. The van der Waals surface area contributed by atoms with Crippen molar-refractivity contribution in [3.05, 3.63) is 45.6 Å². The van der Waals surface area contributed by atoms with Crippen LogP contribution in [-0.2, 0) is 14.3 Å². The maximum Gasteiger partial charge on any atom is 0.354 e. The van der Waals surface area contributed by atoms with Crippen LogP contribution in [0.2, 0.25) is 0 Å². The molecule has 7 nitrogen and oxygen atoms in total. The van der Waals surface area contributed by atoms with E-state index in [9.17, 15) is 19.7 Å². The van der Waals surface area contributed by atoms with Gasteiger partial charge in [-0.15, -0.1) is 0 Å². The lowest BCUT2D eigenvalue weighted by Crippen LogP contribution is -2.26. The third-order valence-corrected chi connectivity index (χ3v) is 2.58. The quantitative estimate of drug-likeness (QED) is 0.390. The normalized spacial score (nSPS) is 11.3. The standard InChI is InChI=1S/C13H14N2O5/c1-8(12(13(17)20-3)14-9(2)16)10-4-6-11(7-5-10)15(18)19/h4-7H,1-3H3,(H,14,16)/b12-8+. The van der Waals surface area contributed by atoms with Crippen LogP contribution in [-0.4, -0.2) is 23.9 Å². The summed E-state index contributed by atoms with van der Waals surface area (Å²) in [5.74, 6) is -1.09. The van der Waals surface area contributed by atoms with Crippen molar-refractivity contribution in [1.82, 2.24) is 5.32 Å². The second kappa shape index (κ2) is 6.46. The number of amides is 1. The molecule has 0 unspecified atom stereocenters. The Hall–Kier alpha value is -2.70. The third-order valence-electron chi connectivity index (χ3n) is 2.58. The predicted molar refractivity (Wildman–Crippen MR) is 71.5 cm³/mol. The number of rotatable bonds is 4. The molecule has 0 atom stereocenters. The van der Waals surface area contributed by atoms with Crippen LogP contribution < -0.4 is 5.32 Å². The van der Waals surface area contributed by atoms with Gasteiger partial charge in [0.05, 0.1) is 12.0 Å². The van der Waals surface area contributed by atoms with Crippen molar-refractivity contribution >= 4 is 23.1 Å². The van der Waals surface area contributed by atoms with E-state index in [-0.39, 0.29) is 11.4 Å². The van der Waals surface area contributed by atoms with Crippen LogP contribution in [0.5, 0.6) is 0 Å². The van der Waals surface area contributed by atoms with Gasteiger partial charge in [0, 0.05) is 19.1 Å². The summed E-state index contributed by atoms with van der Waals surface area (Å²) in [4.78, 5) is 32.8. The van der Waals surface area contributed by atoms with E-state index in [0.717, 1.165) is 0 Å². The molecule has 0 aliphatic carbocycles. The first-order valence-electron chi connectivity index (χ1n) is 5.68. The van der Waals surface area contributed by atoms with Crippen molar-refractivity contribution in [1.29, 1.82) is 0 Å². The van der Waals surface area contributed by atoms with Crippen molar-refractivity contribution in [2.75, 3.05) is 7.11 Å². The second-order valence-corrected chi connectivity index (χ2v) is 3.98. The fraction of sp³-hybridized carbons (Fsp3) is 0.231. The zero-order valence-electron chi connectivity index (χ0n) is 11.3. The average Bonchev–Trinajstić information content (AvgIpc) is 2.43. The number of nitrogens with one attached hydrogen (secondary N) is 1. The molecule has 0 heterocycles. The molecule has 20 heavy (non-hydrogen) atoms.